The molecule has 21 heavy (non-hydrogen) atoms. The molecule has 0 amide bonds. The summed E-state index contributed by atoms with van der Waals surface area (Å²) in [6, 6.07) is 8.22. The first-order valence-electron chi connectivity index (χ1n) is 6.02. The second-order valence-corrected chi connectivity index (χ2v) is 6.57. The maximum Gasteiger partial charge on any atom is 0.262 e. The molecule has 112 valence electrons. The zero-order valence-electron chi connectivity index (χ0n) is 11.1. The van der Waals surface area contributed by atoms with Crippen LogP contribution in [0, 0.1) is 12.7 Å². The smallest absolute Gasteiger partial charge is 0.262 e. The number of hydrogen-bond donors (Lipinski definition) is 2. The second kappa shape index (κ2) is 6.01. The van der Waals surface area contributed by atoms with E-state index in [1.54, 1.807) is 19.1 Å². The first-order valence-corrected chi connectivity index (χ1v) is 7.88. The third-order valence-electron chi connectivity index (χ3n) is 2.90. The molecule has 0 aliphatic heterocycles. The van der Waals surface area contributed by atoms with Gasteiger partial charge in [0.1, 0.15) is 5.82 Å². The van der Waals surface area contributed by atoms with Crippen molar-refractivity contribution < 1.29 is 17.9 Å². The number of sulfonamides is 1. The summed E-state index contributed by atoms with van der Waals surface area (Å²) >= 11 is 5.62. The molecule has 0 heterocycles. The van der Waals surface area contributed by atoms with E-state index in [2.05, 4.69) is 4.72 Å². The van der Waals surface area contributed by atoms with Crippen molar-refractivity contribution in [1.82, 2.24) is 0 Å². The van der Waals surface area contributed by atoms with Crippen LogP contribution in [0.5, 0.6) is 0 Å². The van der Waals surface area contributed by atoms with Crippen molar-refractivity contribution >= 4 is 27.3 Å². The molecule has 0 aromatic heterocycles. The highest BCUT2D eigenvalue weighted by molar-refractivity contribution is 7.92. The fourth-order valence-corrected chi connectivity index (χ4v) is 3.33. The zero-order chi connectivity index (χ0) is 15.6. The van der Waals surface area contributed by atoms with Gasteiger partial charge in [-0.1, -0.05) is 23.7 Å². The molecule has 0 unspecified atom stereocenters. The van der Waals surface area contributed by atoms with Crippen molar-refractivity contribution in [1.29, 1.82) is 0 Å². The summed E-state index contributed by atoms with van der Waals surface area (Å²) in [4.78, 5) is -0.0107. The van der Waals surface area contributed by atoms with Crippen LogP contribution in [-0.4, -0.2) is 13.5 Å². The van der Waals surface area contributed by atoms with E-state index >= 15 is 0 Å². The number of anilines is 1. The van der Waals surface area contributed by atoms with Gasteiger partial charge in [-0.2, -0.15) is 0 Å². The Morgan fingerprint density at radius 3 is 2.57 bits per heavy atom. The van der Waals surface area contributed by atoms with E-state index in [-0.39, 0.29) is 22.2 Å². The molecule has 0 aliphatic rings. The lowest BCUT2D eigenvalue weighted by atomic mass is 10.2. The molecule has 4 nitrogen and oxygen atoms in total. The Labute approximate surface area is 127 Å². The molecular weight excluding hydrogens is 317 g/mol. The lowest BCUT2D eigenvalue weighted by molar-refractivity contribution is 0.281. The van der Waals surface area contributed by atoms with Crippen LogP contribution in [0.2, 0.25) is 5.02 Å². The van der Waals surface area contributed by atoms with Crippen LogP contribution in [-0.2, 0) is 16.6 Å². The first-order chi connectivity index (χ1) is 9.83. The van der Waals surface area contributed by atoms with Crippen LogP contribution < -0.4 is 4.72 Å². The highest BCUT2D eigenvalue weighted by Crippen LogP contribution is 2.24. The third-order valence-corrected chi connectivity index (χ3v) is 4.64. The zero-order valence-corrected chi connectivity index (χ0v) is 12.7. The van der Waals surface area contributed by atoms with E-state index in [0.717, 1.165) is 6.07 Å². The molecule has 2 aromatic rings. The van der Waals surface area contributed by atoms with Gasteiger partial charge in [-0.25, -0.2) is 12.8 Å². The largest absolute Gasteiger partial charge is 0.392 e. The second-order valence-electron chi connectivity index (χ2n) is 4.49. The van der Waals surface area contributed by atoms with Gasteiger partial charge in [0.25, 0.3) is 10.0 Å². The molecule has 0 fully saturated rings. The number of rotatable bonds is 4. The van der Waals surface area contributed by atoms with Crippen molar-refractivity contribution in [3.05, 3.63) is 58.4 Å². The van der Waals surface area contributed by atoms with Crippen LogP contribution in [0.3, 0.4) is 0 Å². The predicted molar refractivity (Wildman–Crippen MR) is 79.3 cm³/mol. The number of nitrogens with one attached hydrogen (secondary N) is 1. The molecule has 0 bridgehead atoms. The van der Waals surface area contributed by atoms with Gasteiger partial charge in [0.05, 0.1) is 17.2 Å². The van der Waals surface area contributed by atoms with Crippen molar-refractivity contribution in [2.75, 3.05) is 4.72 Å². The SMILES string of the molecule is Cc1ccc(CO)cc1S(=O)(=O)Nc1ccc(Cl)cc1F. The molecule has 0 radical (unpaired) electrons. The molecule has 2 rings (SSSR count). The van der Waals surface area contributed by atoms with Gasteiger partial charge in [-0.15, -0.1) is 0 Å². The number of benzene rings is 2. The molecule has 0 aliphatic carbocycles. The van der Waals surface area contributed by atoms with Gasteiger partial charge in [-0.05, 0) is 42.3 Å². The van der Waals surface area contributed by atoms with E-state index < -0.39 is 15.8 Å². The van der Waals surface area contributed by atoms with E-state index in [1.165, 1.54) is 18.2 Å². The number of aliphatic hydroxyl groups excluding tert-OH is 1. The highest BCUT2D eigenvalue weighted by Gasteiger charge is 2.19. The monoisotopic (exact) mass is 329 g/mol. The van der Waals surface area contributed by atoms with Crippen LogP contribution >= 0.6 is 11.6 Å². The topological polar surface area (TPSA) is 66.4 Å². The van der Waals surface area contributed by atoms with Gasteiger partial charge in [0.15, 0.2) is 0 Å². The summed E-state index contributed by atoms with van der Waals surface area (Å²) in [5, 5.41) is 9.27. The molecule has 0 saturated carbocycles. The minimum Gasteiger partial charge on any atom is -0.392 e. The Morgan fingerprint density at radius 2 is 1.95 bits per heavy atom. The molecular formula is C14H13ClFNO3S. The lowest BCUT2D eigenvalue weighted by Gasteiger charge is -2.12. The Morgan fingerprint density at radius 1 is 1.24 bits per heavy atom. The van der Waals surface area contributed by atoms with E-state index in [4.69, 9.17) is 16.7 Å². The molecule has 0 atom stereocenters. The Balaban J connectivity index is 2.43. The number of aryl methyl sites for hydroxylation is 1. The minimum atomic E-state index is -3.96. The molecule has 0 spiro atoms. The molecule has 0 saturated heterocycles. The van der Waals surface area contributed by atoms with Crippen LogP contribution in [0.25, 0.3) is 0 Å². The quantitative estimate of drug-likeness (QED) is 0.906. The van der Waals surface area contributed by atoms with Gasteiger partial charge < -0.3 is 5.11 Å². The maximum atomic E-state index is 13.7. The van der Waals surface area contributed by atoms with Gasteiger partial charge in [-0.3, -0.25) is 4.72 Å². The van der Waals surface area contributed by atoms with Crippen LogP contribution in [0.4, 0.5) is 10.1 Å². The van der Waals surface area contributed by atoms with Crippen molar-refractivity contribution in [2.45, 2.75) is 18.4 Å². The van der Waals surface area contributed by atoms with Crippen LogP contribution in [0.1, 0.15) is 11.1 Å². The molecule has 2 aromatic carbocycles. The number of halogens is 2. The van der Waals surface area contributed by atoms with E-state index in [1.807, 2.05) is 0 Å². The van der Waals surface area contributed by atoms with Crippen molar-refractivity contribution in [2.24, 2.45) is 0 Å². The average molecular weight is 330 g/mol. The standard InChI is InChI=1S/C14H13ClFNO3S/c1-9-2-3-10(8-18)6-14(9)21(19,20)17-13-5-4-11(15)7-12(13)16/h2-7,17-18H,8H2,1H3. The molecule has 7 heteroatoms. The first kappa shape index (κ1) is 15.8. The summed E-state index contributed by atoms with van der Waals surface area (Å²) in [7, 11) is -3.96. The third kappa shape index (κ3) is 3.53. The van der Waals surface area contributed by atoms with E-state index in [9.17, 15) is 12.8 Å². The Hall–Kier alpha value is -1.63. The lowest BCUT2D eigenvalue weighted by Crippen LogP contribution is -2.15. The summed E-state index contributed by atoms with van der Waals surface area (Å²) < 4.78 is 40.5. The van der Waals surface area contributed by atoms with Gasteiger partial charge >= 0.3 is 0 Å². The Kier molecular flexibility index (Phi) is 4.51. The predicted octanol–water partition coefficient (Wildman–Crippen LogP) is 3.08. The average Bonchev–Trinajstić information content (AvgIpc) is 2.42. The number of aliphatic hydroxyl groups is 1. The summed E-state index contributed by atoms with van der Waals surface area (Å²) in [6.45, 7) is 1.34. The van der Waals surface area contributed by atoms with Crippen molar-refractivity contribution in [3.8, 4) is 0 Å². The fourth-order valence-electron chi connectivity index (χ4n) is 1.80. The van der Waals surface area contributed by atoms with E-state index in [0.29, 0.717) is 11.1 Å². The molecule has 2 N–H and O–H groups in total. The normalized spacial score (nSPS) is 11.4. The van der Waals surface area contributed by atoms with Crippen molar-refractivity contribution in [3.63, 3.8) is 0 Å². The van der Waals surface area contributed by atoms with Gasteiger partial charge in [0.2, 0.25) is 0 Å². The van der Waals surface area contributed by atoms with Crippen LogP contribution in [0.15, 0.2) is 41.3 Å². The summed E-state index contributed by atoms with van der Waals surface area (Å²) in [6.07, 6.45) is 0. The maximum absolute atomic E-state index is 13.7. The van der Waals surface area contributed by atoms with Gasteiger partial charge in [0, 0.05) is 5.02 Å². The fraction of sp³-hybridized carbons (Fsp3) is 0.143. The summed E-state index contributed by atoms with van der Waals surface area (Å²) in [5.41, 5.74) is 0.764. The number of hydrogen-bond acceptors (Lipinski definition) is 3. The Bertz CT molecular complexity index is 778. The highest BCUT2D eigenvalue weighted by atomic mass is 35.5. The summed E-state index contributed by atoms with van der Waals surface area (Å²) in [5.74, 6) is -0.762. The minimum absolute atomic E-state index is 0.0107.